The molecule has 104 valence electrons. The first-order valence-corrected chi connectivity index (χ1v) is 5.82. The normalized spacial score (nSPS) is 10.6. The zero-order valence-corrected chi connectivity index (χ0v) is 11.5. The summed E-state index contributed by atoms with van der Waals surface area (Å²) < 4.78 is 15.0. The number of aldehydes is 1. The number of carbonyl (C=O) groups excluding carboxylic acids is 1. The third kappa shape index (κ3) is 25.6. The van der Waals surface area contributed by atoms with Crippen LogP contribution in [-0.2, 0) is 19.0 Å². The van der Waals surface area contributed by atoms with Gasteiger partial charge >= 0.3 is 0 Å². The van der Waals surface area contributed by atoms with Gasteiger partial charge in [-0.2, -0.15) is 0 Å². The third-order valence-corrected chi connectivity index (χ3v) is 1.63. The quantitative estimate of drug-likeness (QED) is 0.513. The van der Waals surface area contributed by atoms with E-state index in [1.165, 1.54) is 0 Å². The van der Waals surface area contributed by atoms with Crippen molar-refractivity contribution in [2.45, 2.75) is 32.8 Å². The molecule has 0 aliphatic heterocycles. The van der Waals surface area contributed by atoms with Crippen LogP contribution in [0.25, 0.3) is 0 Å². The van der Waals surface area contributed by atoms with Crippen LogP contribution in [0, 0.1) is 0 Å². The molecule has 0 aromatic rings. The van der Waals surface area contributed by atoms with Gasteiger partial charge in [-0.1, -0.05) is 0 Å². The minimum absolute atomic E-state index is 0.0417. The van der Waals surface area contributed by atoms with Crippen molar-refractivity contribution in [3.63, 3.8) is 0 Å². The highest BCUT2D eigenvalue weighted by Crippen LogP contribution is 2.02. The van der Waals surface area contributed by atoms with E-state index in [9.17, 15) is 4.79 Å². The predicted molar refractivity (Wildman–Crippen MR) is 68.1 cm³/mol. The molecule has 0 fully saturated rings. The van der Waals surface area contributed by atoms with Crippen LogP contribution in [-0.4, -0.2) is 52.0 Å². The number of nitrogens with two attached hydrogens (primary N) is 1. The summed E-state index contributed by atoms with van der Waals surface area (Å²) in [7, 11) is 1.71. The van der Waals surface area contributed by atoms with Crippen molar-refractivity contribution in [1.82, 2.24) is 0 Å². The second-order valence-corrected chi connectivity index (χ2v) is 4.29. The molecule has 0 aliphatic carbocycles. The lowest BCUT2D eigenvalue weighted by Crippen LogP contribution is -2.15. The standard InChI is InChI=1S/C7H15NO3.C5H12O/c8-2-5-11-7-6-10-4-1-3-9;1-5(2,3)6-4/h3H,1-2,4-8H2;1-4H3. The zero-order valence-electron chi connectivity index (χ0n) is 11.5. The fourth-order valence-corrected chi connectivity index (χ4v) is 0.537. The van der Waals surface area contributed by atoms with Crippen LogP contribution in [0.5, 0.6) is 0 Å². The zero-order chi connectivity index (χ0) is 13.6. The van der Waals surface area contributed by atoms with Crippen LogP contribution in [0.4, 0.5) is 0 Å². The topological polar surface area (TPSA) is 70.8 Å². The van der Waals surface area contributed by atoms with Gasteiger partial charge in [0.15, 0.2) is 0 Å². The van der Waals surface area contributed by atoms with Gasteiger partial charge < -0.3 is 24.7 Å². The lowest BCUT2D eigenvalue weighted by Gasteiger charge is -2.14. The monoisotopic (exact) mass is 249 g/mol. The second kappa shape index (κ2) is 13.6. The number of rotatable bonds is 8. The average molecular weight is 249 g/mol. The highest BCUT2D eigenvalue weighted by molar-refractivity contribution is 5.49. The van der Waals surface area contributed by atoms with Gasteiger partial charge in [-0.3, -0.25) is 0 Å². The molecule has 0 bridgehead atoms. The summed E-state index contributed by atoms with van der Waals surface area (Å²) in [6.45, 7) is 8.73. The molecule has 0 rings (SSSR count). The number of hydrogen-bond acceptors (Lipinski definition) is 5. The van der Waals surface area contributed by atoms with Crippen LogP contribution in [0.15, 0.2) is 0 Å². The fraction of sp³-hybridized carbons (Fsp3) is 0.917. The van der Waals surface area contributed by atoms with Crippen LogP contribution >= 0.6 is 0 Å². The van der Waals surface area contributed by atoms with Crippen molar-refractivity contribution >= 4 is 6.29 Å². The van der Waals surface area contributed by atoms with E-state index in [-0.39, 0.29) is 5.60 Å². The van der Waals surface area contributed by atoms with Gasteiger partial charge in [-0.25, -0.2) is 0 Å². The van der Waals surface area contributed by atoms with E-state index < -0.39 is 0 Å². The van der Waals surface area contributed by atoms with Crippen LogP contribution < -0.4 is 5.73 Å². The van der Waals surface area contributed by atoms with Crippen LogP contribution in [0.1, 0.15) is 27.2 Å². The maximum absolute atomic E-state index is 9.81. The Morgan fingerprint density at radius 3 is 1.88 bits per heavy atom. The molecule has 0 atom stereocenters. The molecule has 17 heavy (non-hydrogen) atoms. The molecular weight excluding hydrogens is 222 g/mol. The smallest absolute Gasteiger partial charge is 0.122 e. The Morgan fingerprint density at radius 1 is 1.06 bits per heavy atom. The Bertz CT molecular complexity index is 157. The summed E-state index contributed by atoms with van der Waals surface area (Å²) in [4.78, 5) is 9.81. The Kier molecular flexibility index (Phi) is 15.1. The number of hydrogen-bond donors (Lipinski definition) is 1. The van der Waals surface area contributed by atoms with Crippen molar-refractivity contribution in [3.05, 3.63) is 0 Å². The Labute approximate surface area is 105 Å². The number of methoxy groups -OCH3 is 1. The van der Waals surface area contributed by atoms with Crippen molar-refractivity contribution in [1.29, 1.82) is 0 Å². The van der Waals surface area contributed by atoms with Crippen molar-refractivity contribution < 1.29 is 19.0 Å². The van der Waals surface area contributed by atoms with Gasteiger partial charge in [0.25, 0.3) is 0 Å². The molecule has 0 spiro atoms. The molecule has 0 aromatic carbocycles. The molecular formula is C12H27NO4. The summed E-state index contributed by atoms with van der Waals surface area (Å²) in [6, 6.07) is 0. The first-order valence-electron chi connectivity index (χ1n) is 5.82. The molecule has 5 nitrogen and oxygen atoms in total. The van der Waals surface area contributed by atoms with E-state index in [1.54, 1.807) is 7.11 Å². The van der Waals surface area contributed by atoms with E-state index >= 15 is 0 Å². The molecule has 0 unspecified atom stereocenters. The highest BCUT2D eigenvalue weighted by Gasteiger charge is 2.04. The molecule has 0 amide bonds. The molecule has 0 aromatic heterocycles. The summed E-state index contributed by atoms with van der Waals surface area (Å²) in [5.41, 5.74) is 5.22. The maximum atomic E-state index is 9.81. The number of carbonyl (C=O) groups is 1. The molecule has 0 aliphatic rings. The minimum Gasteiger partial charge on any atom is -0.379 e. The minimum atomic E-state index is 0.0417. The Balaban J connectivity index is 0. The van der Waals surface area contributed by atoms with E-state index in [2.05, 4.69) is 0 Å². The van der Waals surface area contributed by atoms with Gasteiger partial charge in [-0.15, -0.1) is 0 Å². The van der Waals surface area contributed by atoms with E-state index in [1.807, 2.05) is 20.8 Å². The Morgan fingerprint density at radius 2 is 1.53 bits per heavy atom. The summed E-state index contributed by atoms with van der Waals surface area (Å²) in [5.74, 6) is 0. The van der Waals surface area contributed by atoms with Gasteiger partial charge in [0.05, 0.1) is 32.0 Å². The molecule has 0 radical (unpaired) electrons. The predicted octanol–water partition coefficient (Wildman–Crippen LogP) is 0.999. The summed E-state index contributed by atoms with van der Waals surface area (Å²) >= 11 is 0. The molecule has 2 N–H and O–H groups in total. The maximum Gasteiger partial charge on any atom is 0.122 e. The Hall–Kier alpha value is -0.490. The number of ether oxygens (including phenoxy) is 3. The van der Waals surface area contributed by atoms with Gasteiger partial charge in [0.2, 0.25) is 0 Å². The molecule has 0 saturated carbocycles. The first kappa shape index (κ1) is 18.9. The van der Waals surface area contributed by atoms with Gasteiger partial charge in [-0.05, 0) is 20.8 Å². The van der Waals surface area contributed by atoms with Gasteiger partial charge in [0.1, 0.15) is 6.29 Å². The van der Waals surface area contributed by atoms with E-state index in [0.717, 1.165) is 6.29 Å². The van der Waals surface area contributed by atoms with Crippen LogP contribution in [0.2, 0.25) is 0 Å². The molecule has 0 heterocycles. The lowest BCUT2D eigenvalue weighted by atomic mass is 10.2. The highest BCUT2D eigenvalue weighted by atomic mass is 16.5. The van der Waals surface area contributed by atoms with Crippen LogP contribution in [0.3, 0.4) is 0 Å². The molecule has 5 heteroatoms. The van der Waals surface area contributed by atoms with Crippen molar-refractivity contribution in [2.75, 3.05) is 40.1 Å². The summed E-state index contributed by atoms with van der Waals surface area (Å²) in [5, 5.41) is 0. The van der Waals surface area contributed by atoms with E-state index in [0.29, 0.717) is 39.4 Å². The molecule has 0 saturated heterocycles. The van der Waals surface area contributed by atoms with Gasteiger partial charge in [0, 0.05) is 20.1 Å². The van der Waals surface area contributed by atoms with Crippen molar-refractivity contribution in [2.24, 2.45) is 5.73 Å². The van der Waals surface area contributed by atoms with E-state index in [4.69, 9.17) is 19.9 Å². The third-order valence-electron chi connectivity index (χ3n) is 1.63. The fourth-order valence-electron chi connectivity index (χ4n) is 0.537. The second-order valence-electron chi connectivity index (χ2n) is 4.29. The first-order chi connectivity index (χ1) is 7.97. The van der Waals surface area contributed by atoms with Crippen molar-refractivity contribution in [3.8, 4) is 0 Å². The summed E-state index contributed by atoms with van der Waals surface area (Å²) in [6.07, 6.45) is 1.29. The SMILES string of the molecule is COC(C)(C)C.NCCOCCOCCC=O. The average Bonchev–Trinajstić information content (AvgIpc) is 2.28. The lowest BCUT2D eigenvalue weighted by molar-refractivity contribution is -0.108. The largest absolute Gasteiger partial charge is 0.379 e.